The van der Waals surface area contributed by atoms with Crippen LogP contribution in [-0.4, -0.2) is 48.4 Å². The van der Waals surface area contributed by atoms with Gasteiger partial charge in [0.1, 0.15) is 0 Å². The van der Waals surface area contributed by atoms with Gasteiger partial charge in [-0.3, -0.25) is 9.59 Å². The molecule has 8 heteroatoms. The molecule has 0 radical (unpaired) electrons. The highest BCUT2D eigenvalue weighted by atomic mass is 35.5. The maximum Gasteiger partial charge on any atom is 0.257 e. The van der Waals surface area contributed by atoms with Crippen molar-refractivity contribution < 1.29 is 19.1 Å². The number of rotatable bonds is 10. The number of nitrogens with zero attached hydrogens (tertiary/aromatic N) is 2. The molecule has 1 N–H and O–H groups in total. The van der Waals surface area contributed by atoms with Crippen LogP contribution in [-0.2, 0) is 11.3 Å². The highest BCUT2D eigenvalue weighted by Gasteiger charge is 2.37. The first-order chi connectivity index (χ1) is 15.9. The summed E-state index contributed by atoms with van der Waals surface area (Å²) in [5, 5.41) is 2.97. The number of halogens is 1. The summed E-state index contributed by atoms with van der Waals surface area (Å²) in [6.07, 6.45) is 2.46. The van der Waals surface area contributed by atoms with E-state index in [9.17, 15) is 9.59 Å². The molecule has 33 heavy (non-hydrogen) atoms. The number of ether oxygens (including phenoxy) is 2. The fourth-order valence-corrected chi connectivity index (χ4v) is 4.39. The Hall–Kier alpha value is -2.77. The van der Waals surface area contributed by atoms with Crippen LogP contribution in [0.3, 0.4) is 0 Å². The summed E-state index contributed by atoms with van der Waals surface area (Å²) >= 11 is 6.13. The van der Waals surface area contributed by atoms with Crippen molar-refractivity contribution in [2.45, 2.75) is 38.8 Å². The van der Waals surface area contributed by atoms with Crippen LogP contribution in [0.2, 0.25) is 0 Å². The van der Waals surface area contributed by atoms with Gasteiger partial charge in [-0.2, -0.15) is 0 Å². The summed E-state index contributed by atoms with van der Waals surface area (Å²) in [6, 6.07) is 11.2. The van der Waals surface area contributed by atoms with E-state index in [1.165, 1.54) is 0 Å². The minimum Gasteiger partial charge on any atom is -0.493 e. The molecule has 2 aromatic rings. The zero-order valence-electron chi connectivity index (χ0n) is 19.3. The third kappa shape index (κ3) is 5.09. The molecular weight excluding hydrogens is 442 g/mol. The average molecular weight is 472 g/mol. The number of benzene rings is 2. The Morgan fingerprint density at radius 1 is 1.27 bits per heavy atom. The number of amides is 2. The van der Waals surface area contributed by atoms with Crippen molar-refractivity contribution in [2.24, 2.45) is 5.92 Å². The fourth-order valence-electron chi connectivity index (χ4n) is 4.29. The number of hydrogen-bond donors (Lipinski definition) is 1. The molecule has 1 saturated carbocycles. The van der Waals surface area contributed by atoms with Crippen LogP contribution < -0.4 is 14.8 Å². The van der Waals surface area contributed by atoms with Gasteiger partial charge >= 0.3 is 0 Å². The Balaban J connectivity index is 1.66. The molecule has 7 nitrogen and oxygen atoms in total. The van der Waals surface area contributed by atoms with E-state index in [1.807, 2.05) is 48.2 Å². The lowest BCUT2D eigenvalue weighted by molar-refractivity contribution is -0.117. The highest BCUT2D eigenvalue weighted by Crippen LogP contribution is 2.40. The van der Waals surface area contributed by atoms with E-state index in [0.29, 0.717) is 48.9 Å². The van der Waals surface area contributed by atoms with Gasteiger partial charge in [-0.25, -0.2) is 4.42 Å². The third-order valence-electron chi connectivity index (χ3n) is 6.13. The number of carbonyl (C=O) groups is 2. The Labute approximate surface area is 199 Å². The minimum absolute atomic E-state index is 0.00789. The molecule has 0 spiro atoms. The summed E-state index contributed by atoms with van der Waals surface area (Å²) in [4.78, 5) is 27.9. The van der Waals surface area contributed by atoms with Gasteiger partial charge < -0.3 is 19.7 Å². The molecule has 1 unspecified atom stereocenters. The summed E-state index contributed by atoms with van der Waals surface area (Å²) in [5.41, 5.74) is 3.03. The third-order valence-corrected chi connectivity index (χ3v) is 6.30. The van der Waals surface area contributed by atoms with E-state index in [4.69, 9.17) is 21.3 Å². The lowest BCUT2D eigenvalue weighted by Crippen LogP contribution is -2.31. The number of fused-ring (bicyclic) bond motifs is 1. The monoisotopic (exact) mass is 471 g/mol. The number of methoxy groups -OCH3 is 1. The lowest BCUT2D eigenvalue weighted by atomic mass is 10.0. The van der Waals surface area contributed by atoms with E-state index < -0.39 is 0 Å². The summed E-state index contributed by atoms with van der Waals surface area (Å²) in [5.74, 6) is 1.26. The molecule has 1 atom stereocenters. The molecule has 1 fully saturated rings. The van der Waals surface area contributed by atoms with Crippen LogP contribution in [0.1, 0.15) is 53.7 Å². The lowest BCUT2D eigenvalue weighted by Gasteiger charge is -2.29. The molecule has 2 aliphatic rings. The standard InChI is InChI=1S/C25H30ClN3O4/c1-4-33-22-14-17(10-11-21(22)32-3)20(12-13-28(2)26)29-15-18-6-5-7-19(23(18)25(29)31)27-24(30)16-8-9-16/h5-7,10-11,14,16,20H,4,8-9,12-13,15H2,1-3H3,(H,27,30). The fraction of sp³-hybridized carbons (Fsp3) is 0.440. The van der Waals surface area contributed by atoms with E-state index >= 15 is 0 Å². The topological polar surface area (TPSA) is 71.1 Å². The predicted octanol–water partition coefficient (Wildman–Crippen LogP) is 4.62. The Morgan fingerprint density at radius 3 is 2.73 bits per heavy atom. The highest BCUT2D eigenvalue weighted by molar-refractivity contribution is 6.13. The van der Waals surface area contributed by atoms with Crippen molar-refractivity contribution in [1.29, 1.82) is 0 Å². The van der Waals surface area contributed by atoms with E-state index in [1.54, 1.807) is 18.6 Å². The van der Waals surface area contributed by atoms with Crippen LogP contribution in [0.25, 0.3) is 0 Å². The van der Waals surface area contributed by atoms with E-state index in [2.05, 4.69) is 5.32 Å². The first-order valence-corrected chi connectivity index (χ1v) is 11.7. The van der Waals surface area contributed by atoms with Crippen LogP contribution >= 0.6 is 11.8 Å². The molecule has 176 valence electrons. The van der Waals surface area contributed by atoms with Crippen molar-refractivity contribution >= 4 is 29.3 Å². The molecule has 1 aliphatic carbocycles. The first-order valence-electron chi connectivity index (χ1n) is 11.3. The maximum absolute atomic E-state index is 13.6. The molecule has 4 rings (SSSR count). The molecule has 0 saturated heterocycles. The van der Waals surface area contributed by atoms with Gasteiger partial charge in [-0.15, -0.1) is 0 Å². The minimum atomic E-state index is -0.219. The zero-order valence-corrected chi connectivity index (χ0v) is 20.0. The Morgan fingerprint density at radius 2 is 2.06 bits per heavy atom. The predicted molar refractivity (Wildman–Crippen MR) is 128 cm³/mol. The second kappa shape index (κ2) is 10.0. The van der Waals surface area contributed by atoms with Gasteiger partial charge in [0.25, 0.3) is 5.91 Å². The Bertz CT molecular complexity index is 1040. The van der Waals surface area contributed by atoms with E-state index in [0.717, 1.165) is 24.0 Å². The molecule has 2 aromatic carbocycles. The first kappa shape index (κ1) is 23.4. The van der Waals surface area contributed by atoms with Crippen molar-refractivity contribution in [3.05, 3.63) is 53.1 Å². The van der Waals surface area contributed by atoms with Crippen LogP contribution in [0.15, 0.2) is 36.4 Å². The van der Waals surface area contributed by atoms with Gasteiger partial charge in [-0.1, -0.05) is 18.2 Å². The van der Waals surface area contributed by atoms with Crippen molar-refractivity contribution in [3.8, 4) is 11.5 Å². The smallest absolute Gasteiger partial charge is 0.257 e. The Kier molecular flexibility index (Phi) is 7.10. The van der Waals surface area contributed by atoms with Gasteiger partial charge in [-0.05, 0) is 67.3 Å². The molecular formula is C25H30ClN3O4. The quantitative estimate of drug-likeness (QED) is 0.512. The second-order valence-electron chi connectivity index (χ2n) is 8.51. The van der Waals surface area contributed by atoms with Crippen molar-refractivity contribution in [2.75, 3.05) is 32.6 Å². The number of hydrogen-bond acceptors (Lipinski definition) is 5. The maximum atomic E-state index is 13.6. The number of anilines is 1. The average Bonchev–Trinajstić information content (AvgIpc) is 3.59. The zero-order chi connectivity index (χ0) is 23.5. The number of nitrogens with one attached hydrogen (secondary N) is 1. The van der Waals surface area contributed by atoms with E-state index in [-0.39, 0.29) is 23.8 Å². The van der Waals surface area contributed by atoms with Crippen molar-refractivity contribution in [3.63, 3.8) is 0 Å². The van der Waals surface area contributed by atoms with Crippen LogP contribution in [0.4, 0.5) is 5.69 Å². The summed E-state index contributed by atoms with van der Waals surface area (Å²) < 4.78 is 12.8. The normalized spacial score (nSPS) is 16.0. The SMILES string of the molecule is CCOc1cc(C(CCN(C)Cl)N2Cc3cccc(NC(=O)C4CC4)c3C2=O)ccc1OC. The summed E-state index contributed by atoms with van der Waals surface area (Å²) in [7, 11) is 3.40. The van der Waals surface area contributed by atoms with Gasteiger partial charge in [0, 0.05) is 26.1 Å². The molecule has 1 aliphatic heterocycles. The second-order valence-corrected chi connectivity index (χ2v) is 9.09. The van der Waals surface area contributed by atoms with Crippen LogP contribution in [0.5, 0.6) is 11.5 Å². The van der Waals surface area contributed by atoms with Crippen molar-refractivity contribution in [1.82, 2.24) is 9.32 Å². The van der Waals surface area contributed by atoms with Gasteiger partial charge in [0.2, 0.25) is 5.91 Å². The largest absolute Gasteiger partial charge is 0.493 e. The molecule has 0 bridgehead atoms. The molecule has 1 heterocycles. The van der Waals surface area contributed by atoms with Gasteiger partial charge in [0.15, 0.2) is 11.5 Å². The number of carbonyl (C=O) groups excluding carboxylic acids is 2. The van der Waals surface area contributed by atoms with Gasteiger partial charge in [0.05, 0.1) is 31.0 Å². The summed E-state index contributed by atoms with van der Waals surface area (Å²) in [6.45, 7) is 3.48. The molecule has 2 amide bonds. The van der Waals surface area contributed by atoms with Crippen LogP contribution in [0, 0.1) is 5.92 Å². The molecule has 0 aromatic heterocycles.